The smallest absolute Gasteiger partial charge is 0.322 e. The Balaban J connectivity index is 1.20. The van der Waals surface area contributed by atoms with Crippen molar-refractivity contribution in [2.45, 2.75) is 18.9 Å². The second-order valence-corrected chi connectivity index (χ2v) is 8.70. The number of nitrogens with one attached hydrogen (secondary N) is 2. The number of alkyl halides is 2. The molecule has 0 unspecified atom stereocenters. The maximum atomic E-state index is 14.7. The van der Waals surface area contributed by atoms with Crippen LogP contribution in [0.3, 0.4) is 0 Å². The summed E-state index contributed by atoms with van der Waals surface area (Å²) in [7, 11) is 0. The van der Waals surface area contributed by atoms with Crippen molar-refractivity contribution >= 4 is 17.6 Å². The molecule has 1 fully saturated rings. The fourth-order valence-electron chi connectivity index (χ4n) is 4.25. The monoisotopic (exact) mass is 503 g/mol. The molecule has 188 valence electrons. The minimum absolute atomic E-state index is 0.0280. The summed E-state index contributed by atoms with van der Waals surface area (Å²) in [4.78, 5) is 27.1. The van der Waals surface area contributed by atoms with Gasteiger partial charge in [0.1, 0.15) is 17.4 Å². The van der Waals surface area contributed by atoms with E-state index < -0.39 is 49.2 Å². The highest BCUT2D eigenvalue weighted by atomic mass is 19.3. The number of hydrogen-bond acceptors (Lipinski definition) is 4. The first-order chi connectivity index (χ1) is 17.2. The molecule has 5 rings (SSSR count). The number of hydrogen-bond donors (Lipinski definition) is 2. The molecule has 2 aliphatic heterocycles. The number of rotatable bonds is 6. The van der Waals surface area contributed by atoms with Gasteiger partial charge >= 0.3 is 6.03 Å². The molecule has 2 N–H and O–H groups in total. The zero-order valence-electron chi connectivity index (χ0n) is 18.9. The van der Waals surface area contributed by atoms with E-state index in [0.29, 0.717) is 35.3 Å². The molecule has 1 aromatic heterocycles. The molecule has 1 saturated heterocycles. The Morgan fingerprint density at radius 1 is 1.14 bits per heavy atom. The molecule has 8 nitrogen and oxygen atoms in total. The number of carbonyl (C=O) groups excluding carboxylic acids is 2. The van der Waals surface area contributed by atoms with Crippen LogP contribution in [0.2, 0.25) is 0 Å². The number of nitrogens with zero attached hydrogens (tertiary/aromatic N) is 3. The lowest BCUT2D eigenvalue weighted by Crippen LogP contribution is -2.59. The highest BCUT2D eigenvalue weighted by Gasteiger charge is 2.46. The van der Waals surface area contributed by atoms with Crippen LogP contribution in [0.5, 0.6) is 5.75 Å². The topological polar surface area (TPSA) is 90.6 Å². The van der Waals surface area contributed by atoms with E-state index in [9.17, 15) is 27.2 Å². The van der Waals surface area contributed by atoms with Gasteiger partial charge in [-0.3, -0.25) is 14.8 Å². The van der Waals surface area contributed by atoms with Crippen molar-refractivity contribution in [1.29, 1.82) is 0 Å². The van der Waals surface area contributed by atoms with Crippen molar-refractivity contribution in [2.24, 2.45) is 0 Å². The van der Waals surface area contributed by atoms with Crippen LogP contribution in [0, 0.1) is 11.6 Å². The lowest BCUT2D eigenvalue weighted by molar-refractivity contribution is -0.167. The first-order valence-electron chi connectivity index (χ1n) is 11.1. The van der Waals surface area contributed by atoms with Crippen LogP contribution < -0.4 is 15.0 Å². The number of anilines is 1. The molecule has 12 heteroatoms. The maximum absolute atomic E-state index is 14.7. The predicted molar refractivity (Wildman–Crippen MR) is 121 cm³/mol. The molecule has 0 saturated carbocycles. The van der Waals surface area contributed by atoms with Crippen molar-refractivity contribution in [3.63, 3.8) is 0 Å². The average Bonchev–Trinajstić information content (AvgIpc) is 3.48. The zero-order valence-corrected chi connectivity index (χ0v) is 18.9. The Morgan fingerprint density at radius 3 is 2.67 bits per heavy atom. The molecule has 2 aliphatic rings. The van der Waals surface area contributed by atoms with Crippen molar-refractivity contribution in [2.75, 3.05) is 31.1 Å². The van der Waals surface area contributed by atoms with Gasteiger partial charge in [-0.2, -0.15) is 5.10 Å². The lowest BCUT2D eigenvalue weighted by Gasteiger charge is -2.38. The number of carbonyl (C=O) groups is 2. The molecule has 3 amide bonds. The minimum Gasteiger partial charge on any atom is -0.484 e. The van der Waals surface area contributed by atoms with Gasteiger partial charge in [0.25, 0.3) is 11.8 Å². The molecule has 0 bridgehead atoms. The summed E-state index contributed by atoms with van der Waals surface area (Å²) in [5, 5.41) is 9.15. The molecular weight excluding hydrogens is 482 g/mol. The quantitative estimate of drug-likeness (QED) is 0.504. The molecule has 3 heterocycles. The Hall–Kier alpha value is -4.09. The van der Waals surface area contributed by atoms with Gasteiger partial charge in [-0.15, -0.1) is 0 Å². The zero-order chi connectivity index (χ0) is 25.4. The molecule has 0 aliphatic carbocycles. The van der Waals surface area contributed by atoms with Crippen LogP contribution in [0.4, 0.5) is 28.0 Å². The molecule has 3 aromatic rings. The molecule has 2 aromatic carbocycles. The van der Waals surface area contributed by atoms with E-state index >= 15 is 0 Å². The number of urea groups is 1. The van der Waals surface area contributed by atoms with Crippen LogP contribution in [0.25, 0.3) is 11.1 Å². The summed E-state index contributed by atoms with van der Waals surface area (Å²) in [5.41, 5.74) is 2.62. The summed E-state index contributed by atoms with van der Waals surface area (Å²) in [6, 6.07) is 6.21. The van der Waals surface area contributed by atoms with E-state index in [-0.39, 0.29) is 12.3 Å². The van der Waals surface area contributed by atoms with Crippen molar-refractivity contribution in [3.05, 3.63) is 65.5 Å². The lowest BCUT2D eigenvalue weighted by atomic mass is 10.0. The number of ether oxygens (including phenoxy) is 1. The summed E-state index contributed by atoms with van der Waals surface area (Å²) < 4.78 is 59.9. The second kappa shape index (κ2) is 9.17. The van der Waals surface area contributed by atoms with Crippen LogP contribution in [0.15, 0.2) is 42.7 Å². The predicted octanol–water partition coefficient (Wildman–Crippen LogP) is 3.48. The Bertz CT molecular complexity index is 1310. The van der Waals surface area contributed by atoms with Crippen molar-refractivity contribution in [1.82, 2.24) is 20.4 Å². The normalized spacial score (nSPS) is 15.9. The number of H-pyrrole nitrogens is 1. The molecular formula is C24H21F4N5O3. The van der Waals surface area contributed by atoms with E-state index in [1.165, 1.54) is 29.3 Å². The van der Waals surface area contributed by atoms with E-state index in [2.05, 4.69) is 15.5 Å². The summed E-state index contributed by atoms with van der Waals surface area (Å²) in [6.07, 6.45) is 3.64. The van der Waals surface area contributed by atoms with Crippen LogP contribution in [-0.2, 0) is 17.8 Å². The van der Waals surface area contributed by atoms with E-state index in [4.69, 9.17) is 4.74 Å². The van der Waals surface area contributed by atoms with E-state index in [1.54, 1.807) is 12.3 Å². The number of halogens is 4. The molecule has 0 spiro atoms. The number of amides is 3. The van der Waals surface area contributed by atoms with Crippen LogP contribution >= 0.6 is 0 Å². The standard InChI is InChI=1S/C24H21F4N5O3/c25-17-3-14(4-18(6-17)36-11-22(34)32-12-24(27,28)13-32)8-29-23(35)33-2-1-15-5-19(16-9-30-31-10-16)20(26)7-21(15)33/h3-7,9-10H,1-2,8,11-13H2,(H,29,35)(H,30,31). The minimum atomic E-state index is -2.89. The highest BCUT2D eigenvalue weighted by Crippen LogP contribution is 2.34. The third-order valence-electron chi connectivity index (χ3n) is 6.05. The second-order valence-electron chi connectivity index (χ2n) is 8.70. The number of aromatic amines is 1. The van der Waals surface area contributed by atoms with Gasteiger partial charge in [-0.05, 0) is 41.8 Å². The molecule has 0 radical (unpaired) electrons. The number of benzene rings is 2. The Kier molecular flexibility index (Phi) is 6.02. The summed E-state index contributed by atoms with van der Waals surface area (Å²) >= 11 is 0. The molecule has 36 heavy (non-hydrogen) atoms. The third-order valence-corrected chi connectivity index (χ3v) is 6.05. The molecule has 0 atom stereocenters. The van der Waals surface area contributed by atoms with Gasteiger partial charge in [-0.1, -0.05) is 0 Å². The van der Waals surface area contributed by atoms with Crippen molar-refractivity contribution < 1.29 is 31.9 Å². The first-order valence-corrected chi connectivity index (χ1v) is 11.1. The Morgan fingerprint density at radius 2 is 1.94 bits per heavy atom. The van der Waals surface area contributed by atoms with Crippen LogP contribution in [0.1, 0.15) is 11.1 Å². The van der Waals surface area contributed by atoms with E-state index in [1.807, 2.05) is 0 Å². The Labute approximate surface area is 202 Å². The fourth-order valence-corrected chi connectivity index (χ4v) is 4.25. The van der Waals surface area contributed by atoms with Crippen molar-refractivity contribution in [3.8, 4) is 16.9 Å². The SMILES string of the molecule is O=C(COc1cc(F)cc(CNC(=O)N2CCc3cc(-c4cn[nH]c4)c(F)cc32)c1)N1CC(F)(F)C1. The summed E-state index contributed by atoms with van der Waals surface area (Å²) in [6.45, 7) is -1.54. The third kappa shape index (κ3) is 4.83. The summed E-state index contributed by atoms with van der Waals surface area (Å²) in [5.74, 6) is -4.63. The maximum Gasteiger partial charge on any atom is 0.322 e. The van der Waals surface area contributed by atoms with Gasteiger partial charge in [0.15, 0.2) is 6.61 Å². The van der Waals surface area contributed by atoms with Gasteiger partial charge in [-0.25, -0.2) is 22.4 Å². The van der Waals surface area contributed by atoms with Gasteiger partial charge in [0.05, 0.1) is 25.0 Å². The number of fused-ring (bicyclic) bond motifs is 1. The average molecular weight is 503 g/mol. The fraction of sp³-hybridized carbons (Fsp3) is 0.292. The first kappa shape index (κ1) is 23.6. The van der Waals surface area contributed by atoms with Gasteiger partial charge in [0.2, 0.25) is 0 Å². The van der Waals surface area contributed by atoms with E-state index in [0.717, 1.165) is 16.5 Å². The number of likely N-dealkylation sites (tertiary alicyclic amines) is 1. The van der Waals surface area contributed by atoms with Crippen LogP contribution in [-0.4, -0.2) is 59.2 Å². The highest BCUT2D eigenvalue weighted by molar-refractivity contribution is 5.94. The largest absolute Gasteiger partial charge is 0.484 e. The van der Waals surface area contributed by atoms with Gasteiger partial charge in [0, 0.05) is 36.5 Å². The number of aromatic nitrogens is 2. The van der Waals surface area contributed by atoms with Gasteiger partial charge < -0.3 is 15.0 Å².